The molecule has 3 rings (SSSR count). The number of rotatable bonds is 3. The molecule has 7 heteroatoms. The van der Waals surface area contributed by atoms with Crippen LogP contribution in [-0.4, -0.2) is 27.6 Å². The van der Waals surface area contributed by atoms with E-state index in [1.54, 1.807) is 18.3 Å². The monoisotopic (exact) mass is 273 g/mol. The number of nitrogens with zero attached hydrogens (tertiary/aromatic N) is 3. The molecule has 1 fully saturated rings. The van der Waals surface area contributed by atoms with Gasteiger partial charge in [0.25, 0.3) is 5.91 Å². The van der Waals surface area contributed by atoms with Gasteiger partial charge in [-0.25, -0.2) is 0 Å². The van der Waals surface area contributed by atoms with Gasteiger partial charge in [-0.15, -0.1) is 5.10 Å². The van der Waals surface area contributed by atoms with Gasteiger partial charge in [-0.2, -0.15) is 0 Å². The van der Waals surface area contributed by atoms with Gasteiger partial charge in [0, 0.05) is 17.5 Å². The highest BCUT2D eigenvalue weighted by Gasteiger charge is 2.22. The Kier molecular flexibility index (Phi) is 3.42. The largest absolute Gasteiger partial charge is 0.406 e. The fourth-order valence-electron chi connectivity index (χ4n) is 2.18. The van der Waals surface area contributed by atoms with Crippen LogP contribution in [0.15, 0.2) is 22.7 Å². The first kappa shape index (κ1) is 12.7. The third-order valence-electron chi connectivity index (χ3n) is 3.18. The number of amides is 1. The Morgan fingerprint density at radius 1 is 1.50 bits per heavy atom. The summed E-state index contributed by atoms with van der Waals surface area (Å²) in [5.74, 6) is 0.230. The summed E-state index contributed by atoms with van der Waals surface area (Å²) in [4.78, 5) is 16.1. The van der Waals surface area contributed by atoms with Crippen molar-refractivity contribution in [2.75, 3.05) is 11.9 Å². The van der Waals surface area contributed by atoms with Gasteiger partial charge in [-0.1, -0.05) is 5.10 Å². The van der Waals surface area contributed by atoms with E-state index in [4.69, 9.17) is 4.42 Å². The second-order valence-electron chi connectivity index (χ2n) is 4.73. The lowest BCUT2D eigenvalue weighted by Crippen LogP contribution is -2.13. The molecule has 0 saturated carbocycles. The molecule has 0 aromatic carbocycles. The molecule has 1 amide bonds. The number of nitrogens with one attached hydrogen (secondary N) is 2. The molecule has 0 bridgehead atoms. The number of aromatic nitrogens is 3. The third-order valence-corrected chi connectivity index (χ3v) is 3.18. The highest BCUT2D eigenvalue weighted by atomic mass is 16.4. The van der Waals surface area contributed by atoms with Gasteiger partial charge in [0.2, 0.25) is 5.89 Å². The minimum Gasteiger partial charge on any atom is -0.406 e. The first-order valence-corrected chi connectivity index (χ1v) is 6.53. The van der Waals surface area contributed by atoms with E-state index in [-0.39, 0.29) is 18.0 Å². The summed E-state index contributed by atoms with van der Waals surface area (Å²) in [6.07, 6.45) is 3.65. The first-order valence-electron chi connectivity index (χ1n) is 6.53. The van der Waals surface area contributed by atoms with Gasteiger partial charge >= 0.3 is 6.01 Å². The molecule has 3 heterocycles. The number of anilines is 1. The van der Waals surface area contributed by atoms with Crippen molar-refractivity contribution in [1.29, 1.82) is 0 Å². The molecule has 1 aliphatic rings. The molecular formula is C13H15N5O2. The maximum absolute atomic E-state index is 12.0. The second-order valence-corrected chi connectivity index (χ2v) is 4.73. The molecule has 1 aliphatic heterocycles. The van der Waals surface area contributed by atoms with Crippen LogP contribution in [0.5, 0.6) is 0 Å². The van der Waals surface area contributed by atoms with Crippen molar-refractivity contribution >= 4 is 11.9 Å². The first-order chi connectivity index (χ1) is 9.72. The van der Waals surface area contributed by atoms with E-state index in [0.29, 0.717) is 11.5 Å². The Labute approximate surface area is 115 Å². The summed E-state index contributed by atoms with van der Waals surface area (Å²) in [5, 5.41) is 13.7. The summed E-state index contributed by atoms with van der Waals surface area (Å²) >= 11 is 0. The zero-order valence-electron chi connectivity index (χ0n) is 11.1. The third kappa shape index (κ3) is 2.67. The molecule has 2 aromatic heterocycles. The van der Waals surface area contributed by atoms with E-state index in [0.717, 1.165) is 25.1 Å². The predicted molar refractivity (Wildman–Crippen MR) is 71.2 cm³/mol. The number of carbonyl (C=O) groups is 1. The molecular weight excluding hydrogens is 258 g/mol. The van der Waals surface area contributed by atoms with Crippen molar-refractivity contribution in [2.45, 2.75) is 25.8 Å². The fourth-order valence-corrected chi connectivity index (χ4v) is 2.18. The average Bonchev–Trinajstić information content (AvgIpc) is 3.08. The number of hydrogen-bond donors (Lipinski definition) is 2. The molecule has 0 radical (unpaired) electrons. The van der Waals surface area contributed by atoms with Crippen LogP contribution in [0.1, 0.15) is 40.8 Å². The molecule has 20 heavy (non-hydrogen) atoms. The summed E-state index contributed by atoms with van der Waals surface area (Å²) in [6, 6.07) is 3.55. The van der Waals surface area contributed by atoms with Gasteiger partial charge in [0.15, 0.2) is 0 Å². The Hall–Kier alpha value is -2.28. The van der Waals surface area contributed by atoms with E-state index in [1.807, 2.05) is 6.92 Å². The Morgan fingerprint density at radius 2 is 2.40 bits per heavy atom. The Morgan fingerprint density at radius 3 is 3.15 bits per heavy atom. The lowest BCUT2D eigenvalue weighted by molar-refractivity contribution is 0.102. The van der Waals surface area contributed by atoms with Crippen molar-refractivity contribution in [1.82, 2.24) is 20.5 Å². The van der Waals surface area contributed by atoms with Gasteiger partial charge in [-0.05, 0) is 38.4 Å². The van der Waals surface area contributed by atoms with E-state index in [1.165, 1.54) is 0 Å². The minimum absolute atomic E-state index is 0.0938. The van der Waals surface area contributed by atoms with Crippen LogP contribution < -0.4 is 10.6 Å². The van der Waals surface area contributed by atoms with Crippen LogP contribution in [0, 0.1) is 6.92 Å². The number of hydrogen-bond acceptors (Lipinski definition) is 6. The predicted octanol–water partition coefficient (Wildman–Crippen LogP) is 1.45. The summed E-state index contributed by atoms with van der Waals surface area (Å²) < 4.78 is 5.46. The van der Waals surface area contributed by atoms with Crippen molar-refractivity contribution in [2.24, 2.45) is 0 Å². The molecule has 2 N–H and O–H groups in total. The summed E-state index contributed by atoms with van der Waals surface area (Å²) in [6.45, 7) is 2.78. The minimum atomic E-state index is -0.287. The van der Waals surface area contributed by atoms with Gasteiger partial charge in [0.05, 0.1) is 6.04 Å². The molecule has 0 spiro atoms. The normalized spacial score (nSPS) is 18.1. The van der Waals surface area contributed by atoms with E-state index >= 15 is 0 Å². The van der Waals surface area contributed by atoms with E-state index in [9.17, 15) is 4.79 Å². The summed E-state index contributed by atoms with van der Waals surface area (Å²) in [5.41, 5.74) is 1.29. The van der Waals surface area contributed by atoms with Crippen molar-refractivity contribution in [3.8, 4) is 0 Å². The molecule has 2 aromatic rings. The standard InChI is InChI=1S/C13H15N5O2/c1-8-7-9(4-6-14-8)11(19)16-13-18-17-12(20-13)10-3-2-5-15-10/h4,6-7,10,15H,2-3,5H2,1H3,(H,16,18,19). The van der Waals surface area contributed by atoms with Crippen LogP contribution in [0.4, 0.5) is 6.01 Å². The Balaban J connectivity index is 1.70. The average molecular weight is 273 g/mol. The highest BCUT2D eigenvalue weighted by Crippen LogP contribution is 2.22. The SMILES string of the molecule is Cc1cc(C(=O)Nc2nnc(C3CCCN3)o2)ccn1. The number of aryl methyl sites for hydroxylation is 1. The molecule has 104 valence electrons. The second kappa shape index (κ2) is 5.38. The van der Waals surface area contributed by atoms with E-state index < -0.39 is 0 Å². The van der Waals surface area contributed by atoms with Crippen LogP contribution in [0.25, 0.3) is 0 Å². The van der Waals surface area contributed by atoms with Gasteiger partial charge < -0.3 is 9.73 Å². The maximum Gasteiger partial charge on any atom is 0.322 e. The van der Waals surface area contributed by atoms with Crippen molar-refractivity contribution in [3.05, 3.63) is 35.5 Å². The zero-order chi connectivity index (χ0) is 13.9. The topological polar surface area (TPSA) is 92.9 Å². The van der Waals surface area contributed by atoms with E-state index in [2.05, 4.69) is 25.8 Å². The van der Waals surface area contributed by atoms with Crippen LogP contribution in [0.2, 0.25) is 0 Å². The molecule has 0 aliphatic carbocycles. The molecule has 1 unspecified atom stereocenters. The highest BCUT2D eigenvalue weighted by molar-refractivity contribution is 6.03. The van der Waals surface area contributed by atoms with Crippen LogP contribution in [-0.2, 0) is 0 Å². The lowest BCUT2D eigenvalue weighted by Gasteiger charge is -2.03. The zero-order valence-corrected chi connectivity index (χ0v) is 11.1. The van der Waals surface area contributed by atoms with Crippen molar-refractivity contribution in [3.63, 3.8) is 0 Å². The van der Waals surface area contributed by atoms with Crippen LogP contribution in [0.3, 0.4) is 0 Å². The Bertz CT molecular complexity index is 619. The van der Waals surface area contributed by atoms with Crippen LogP contribution >= 0.6 is 0 Å². The van der Waals surface area contributed by atoms with Crippen molar-refractivity contribution < 1.29 is 9.21 Å². The lowest BCUT2D eigenvalue weighted by atomic mass is 10.2. The number of carbonyl (C=O) groups excluding carboxylic acids is 1. The quantitative estimate of drug-likeness (QED) is 0.879. The molecule has 1 atom stereocenters. The molecule has 7 nitrogen and oxygen atoms in total. The fraction of sp³-hybridized carbons (Fsp3) is 0.385. The van der Waals surface area contributed by atoms with Gasteiger partial charge in [0.1, 0.15) is 0 Å². The summed E-state index contributed by atoms with van der Waals surface area (Å²) in [7, 11) is 0. The number of pyridine rings is 1. The maximum atomic E-state index is 12.0. The van der Waals surface area contributed by atoms with Gasteiger partial charge in [-0.3, -0.25) is 15.1 Å². The smallest absolute Gasteiger partial charge is 0.322 e. The molecule has 1 saturated heterocycles.